The highest BCUT2D eigenvalue weighted by molar-refractivity contribution is 5.37. The molecule has 3 aromatic rings. The largest absolute Gasteiger partial charge is 0.339 e. The van der Waals surface area contributed by atoms with Crippen LogP contribution in [-0.4, -0.2) is 46.3 Å². The van der Waals surface area contributed by atoms with Gasteiger partial charge < -0.3 is 4.52 Å². The van der Waals surface area contributed by atoms with Crippen LogP contribution in [0.2, 0.25) is 0 Å². The Morgan fingerprint density at radius 2 is 1.30 bits per heavy atom. The molecular formula is C25H30N4O. The molecule has 5 rings (SSSR count). The third-order valence-electron chi connectivity index (χ3n) is 6.53. The van der Waals surface area contributed by atoms with Crippen LogP contribution in [0, 0.1) is 0 Å². The summed E-state index contributed by atoms with van der Waals surface area (Å²) in [4.78, 5) is 4.91. The van der Waals surface area contributed by atoms with Gasteiger partial charge in [-0.2, -0.15) is 4.98 Å². The maximum absolute atomic E-state index is 5.82. The monoisotopic (exact) mass is 402 g/mol. The fourth-order valence-electron chi connectivity index (χ4n) is 4.87. The van der Waals surface area contributed by atoms with Crippen LogP contribution in [0.1, 0.15) is 66.8 Å². The zero-order chi connectivity index (χ0) is 20.2. The number of hydrazine groups is 1. The number of nitrogens with zero attached hydrogens (tertiary/aromatic N) is 4. The van der Waals surface area contributed by atoms with Crippen LogP contribution in [-0.2, 0) is 0 Å². The molecule has 1 aromatic heterocycles. The minimum Gasteiger partial charge on any atom is -0.339 e. The van der Waals surface area contributed by atoms with Gasteiger partial charge in [-0.15, -0.1) is 0 Å². The standard InChI is InChI=1S/C25H30N4O/c1-4-10-20(11-5-1)23(21-12-6-2-7-13-21)24-26-25(30-27-24)22-14-18-29(19-15-22)28-16-8-3-9-17-28/h1-2,4-7,10-13,22-23H,3,8-9,14-19H2. The number of piperidine rings is 2. The summed E-state index contributed by atoms with van der Waals surface area (Å²) in [5, 5.41) is 9.54. The summed E-state index contributed by atoms with van der Waals surface area (Å²) in [5.41, 5.74) is 2.38. The van der Waals surface area contributed by atoms with E-state index in [1.54, 1.807) is 0 Å². The van der Waals surface area contributed by atoms with Gasteiger partial charge in [0.15, 0.2) is 5.82 Å². The van der Waals surface area contributed by atoms with Gasteiger partial charge in [-0.05, 0) is 36.8 Å². The molecule has 0 N–H and O–H groups in total. The van der Waals surface area contributed by atoms with Gasteiger partial charge in [0, 0.05) is 32.1 Å². The van der Waals surface area contributed by atoms with Crippen molar-refractivity contribution in [3.05, 3.63) is 83.5 Å². The summed E-state index contributed by atoms with van der Waals surface area (Å²) in [6.07, 6.45) is 6.20. The van der Waals surface area contributed by atoms with E-state index in [1.165, 1.54) is 43.5 Å². The Balaban J connectivity index is 1.32. The number of hydrogen-bond donors (Lipinski definition) is 0. The summed E-state index contributed by atoms with van der Waals surface area (Å²) >= 11 is 0. The summed E-state index contributed by atoms with van der Waals surface area (Å²) in [5.74, 6) is 1.93. The average Bonchev–Trinajstić information content (AvgIpc) is 3.31. The van der Waals surface area contributed by atoms with Crippen LogP contribution in [0.4, 0.5) is 0 Å². The van der Waals surface area contributed by atoms with E-state index in [0.717, 1.165) is 37.6 Å². The van der Waals surface area contributed by atoms with Crippen molar-refractivity contribution in [2.75, 3.05) is 26.2 Å². The molecule has 0 unspecified atom stereocenters. The average molecular weight is 403 g/mol. The topological polar surface area (TPSA) is 45.4 Å². The summed E-state index contributed by atoms with van der Waals surface area (Å²) in [6, 6.07) is 21.0. The Morgan fingerprint density at radius 1 is 0.733 bits per heavy atom. The second-order valence-electron chi connectivity index (χ2n) is 8.49. The van der Waals surface area contributed by atoms with Crippen LogP contribution < -0.4 is 0 Å². The van der Waals surface area contributed by atoms with Gasteiger partial charge in [-0.1, -0.05) is 72.2 Å². The first-order chi connectivity index (χ1) is 14.9. The zero-order valence-electron chi connectivity index (χ0n) is 17.5. The first kappa shape index (κ1) is 19.5. The van der Waals surface area contributed by atoms with E-state index in [9.17, 15) is 0 Å². The van der Waals surface area contributed by atoms with E-state index in [4.69, 9.17) is 9.51 Å². The molecule has 0 bridgehead atoms. The fourth-order valence-corrected chi connectivity index (χ4v) is 4.87. The summed E-state index contributed by atoms with van der Waals surface area (Å²) in [6.45, 7) is 4.60. The van der Waals surface area contributed by atoms with Crippen LogP contribution in [0.25, 0.3) is 0 Å². The highest BCUT2D eigenvalue weighted by Crippen LogP contribution is 2.33. The maximum Gasteiger partial charge on any atom is 0.229 e. The minimum absolute atomic E-state index is 0.00154. The van der Waals surface area contributed by atoms with Crippen molar-refractivity contribution in [2.24, 2.45) is 0 Å². The highest BCUT2D eigenvalue weighted by atomic mass is 16.5. The van der Waals surface area contributed by atoms with Crippen molar-refractivity contribution >= 4 is 0 Å². The minimum atomic E-state index is -0.00154. The van der Waals surface area contributed by atoms with E-state index in [1.807, 2.05) is 12.1 Å². The Kier molecular flexibility index (Phi) is 5.91. The first-order valence-corrected chi connectivity index (χ1v) is 11.3. The van der Waals surface area contributed by atoms with Gasteiger partial charge in [-0.25, -0.2) is 10.0 Å². The molecule has 3 heterocycles. The van der Waals surface area contributed by atoms with Gasteiger partial charge in [0.1, 0.15) is 0 Å². The summed E-state index contributed by atoms with van der Waals surface area (Å²) in [7, 11) is 0. The van der Waals surface area contributed by atoms with E-state index < -0.39 is 0 Å². The number of benzene rings is 2. The highest BCUT2D eigenvalue weighted by Gasteiger charge is 2.30. The zero-order valence-corrected chi connectivity index (χ0v) is 17.5. The third kappa shape index (κ3) is 4.18. The van der Waals surface area contributed by atoms with Crippen molar-refractivity contribution in [3.8, 4) is 0 Å². The Bertz CT molecular complexity index is 873. The summed E-state index contributed by atoms with van der Waals surface area (Å²) < 4.78 is 5.82. The lowest BCUT2D eigenvalue weighted by Gasteiger charge is -2.41. The number of aromatic nitrogens is 2. The molecule has 0 spiro atoms. The fraction of sp³-hybridized carbons (Fsp3) is 0.440. The third-order valence-corrected chi connectivity index (χ3v) is 6.53. The van der Waals surface area contributed by atoms with E-state index in [-0.39, 0.29) is 5.92 Å². The molecule has 2 fully saturated rings. The quantitative estimate of drug-likeness (QED) is 0.612. The molecule has 0 radical (unpaired) electrons. The molecule has 2 aliphatic heterocycles. The molecule has 0 amide bonds. The predicted octanol–water partition coefficient (Wildman–Crippen LogP) is 4.83. The lowest BCUT2D eigenvalue weighted by molar-refractivity contribution is -0.0567. The molecule has 2 aromatic carbocycles. The van der Waals surface area contributed by atoms with Crippen molar-refractivity contribution in [1.82, 2.24) is 20.2 Å². The van der Waals surface area contributed by atoms with Crippen LogP contribution in [0.15, 0.2) is 65.2 Å². The van der Waals surface area contributed by atoms with Crippen molar-refractivity contribution in [1.29, 1.82) is 0 Å². The SMILES string of the molecule is c1ccc(C(c2ccccc2)c2noc(C3CCN(N4CCCCC4)CC3)n2)cc1. The number of hydrogen-bond acceptors (Lipinski definition) is 5. The van der Waals surface area contributed by atoms with E-state index >= 15 is 0 Å². The molecule has 5 nitrogen and oxygen atoms in total. The molecule has 2 saturated heterocycles. The van der Waals surface area contributed by atoms with Gasteiger partial charge >= 0.3 is 0 Å². The van der Waals surface area contributed by atoms with Crippen LogP contribution in [0.5, 0.6) is 0 Å². The second-order valence-corrected chi connectivity index (χ2v) is 8.49. The van der Waals surface area contributed by atoms with E-state index in [0.29, 0.717) is 5.92 Å². The Labute approximate surface area is 178 Å². The predicted molar refractivity (Wildman–Crippen MR) is 117 cm³/mol. The smallest absolute Gasteiger partial charge is 0.229 e. The maximum atomic E-state index is 5.82. The first-order valence-electron chi connectivity index (χ1n) is 11.3. The molecule has 30 heavy (non-hydrogen) atoms. The van der Waals surface area contributed by atoms with Crippen LogP contribution >= 0.6 is 0 Å². The Hall–Kier alpha value is -2.50. The van der Waals surface area contributed by atoms with Gasteiger partial charge in [0.2, 0.25) is 5.89 Å². The molecule has 5 heteroatoms. The van der Waals surface area contributed by atoms with Gasteiger partial charge in [-0.3, -0.25) is 0 Å². The molecule has 2 aliphatic rings. The Morgan fingerprint density at radius 3 is 1.90 bits per heavy atom. The lowest BCUT2D eigenvalue weighted by Crippen LogP contribution is -2.48. The van der Waals surface area contributed by atoms with E-state index in [2.05, 4.69) is 63.7 Å². The molecule has 156 valence electrons. The molecule has 0 atom stereocenters. The van der Waals surface area contributed by atoms with Crippen molar-refractivity contribution in [3.63, 3.8) is 0 Å². The van der Waals surface area contributed by atoms with Crippen molar-refractivity contribution in [2.45, 2.75) is 43.9 Å². The number of rotatable bonds is 5. The normalized spacial score (nSPS) is 19.4. The van der Waals surface area contributed by atoms with Gasteiger partial charge in [0.25, 0.3) is 0 Å². The molecule has 0 saturated carbocycles. The van der Waals surface area contributed by atoms with Gasteiger partial charge in [0.05, 0.1) is 5.92 Å². The lowest BCUT2D eigenvalue weighted by atomic mass is 9.90. The molecule has 0 aliphatic carbocycles. The molecular weight excluding hydrogens is 372 g/mol. The second kappa shape index (κ2) is 9.11. The van der Waals surface area contributed by atoms with Crippen molar-refractivity contribution < 1.29 is 4.52 Å². The van der Waals surface area contributed by atoms with Crippen LogP contribution in [0.3, 0.4) is 0 Å².